The van der Waals surface area contributed by atoms with Crippen LogP contribution in [0.25, 0.3) is 0 Å². The number of benzene rings is 2. The third-order valence-corrected chi connectivity index (χ3v) is 2.98. The number of rotatable bonds is 5. The largest absolute Gasteiger partial charge is 0.444 e. The van der Waals surface area contributed by atoms with Gasteiger partial charge in [0.1, 0.15) is 6.61 Å². The lowest BCUT2D eigenvalue weighted by Crippen LogP contribution is -2.22. The number of aliphatic imine (C=N–C) groups is 1. The first-order chi connectivity index (χ1) is 11.9. The molecule has 0 atom stereocenters. The zero-order chi connectivity index (χ0) is 18.1. The summed E-state index contributed by atoms with van der Waals surface area (Å²) in [5.41, 5.74) is -0.0166. The third kappa shape index (κ3) is 6.50. The van der Waals surface area contributed by atoms with Crippen LogP contribution in [0.3, 0.4) is 0 Å². The second-order valence-electron chi connectivity index (χ2n) is 4.90. The molecule has 2 aromatic rings. The van der Waals surface area contributed by atoms with Crippen molar-refractivity contribution in [2.24, 2.45) is 4.99 Å². The monoisotopic (exact) mass is 348 g/mol. The Hall–Kier alpha value is -3.09. The zero-order valence-corrected chi connectivity index (χ0v) is 13.0. The number of hydrogen-bond acceptors (Lipinski definition) is 3. The van der Waals surface area contributed by atoms with Crippen LogP contribution in [0.1, 0.15) is 11.1 Å². The molecule has 0 radical (unpaired) electrons. The third-order valence-electron chi connectivity index (χ3n) is 2.98. The lowest BCUT2D eigenvalue weighted by atomic mass is 10.2. The van der Waals surface area contributed by atoms with E-state index in [0.717, 1.165) is 11.8 Å². The molecule has 4 nitrogen and oxygen atoms in total. The second kappa shape index (κ2) is 8.68. The van der Waals surface area contributed by atoms with Gasteiger partial charge in [-0.15, -0.1) is 0 Å². The van der Waals surface area contributed by atoms with E-state index < -0.39 is 18.0 Å². The highest BCUT2D eigenvalue weighted by Gasteiger charge is 2.33. The van der Waals surface area contributed by atoms with E-state index in [1.165, 1.54) is 0 Å². The predicted octanol–water partition coefficient (Wildman–Crippen LogP) is 4.44. The topological polar surface area (TPSA) is 50.7 Å². The molecule has 7 heteroatoms. The Kier molecular flexibility index (Phi) is 6.33. The van der Waals surface area contributed by atoms with Crippen molar-refractivity contribution in [3.8, 4) is 0 Å². The molecule has 1 amide bonds. The van der Waals surface area contributed by atoms with Crippen LogP contribution in [0.15, 0.2) is 77.6 Å². The zero-order valence-electron chi connectivity index (χ0n) is 13.0. The van der Waals surface area contributed by atoms with Gasteiger partial charge in [-0.25, -0.2) is 9.79 Å². The number of alkyl halides is 3. The normalized spacial score (nSPS) is 12.2. The van der Waals surface area contributed by atoms with Crippen LogP contribution >= 0.6 is 0 Å². The SMILES string of the molecule is O=C(N/C=C(\N=Cc1ccccc1)C(F)(F)F)OCc1ccccc1. The smallest absolute Gasteiger partial charge is 0.434 e. The molecule has 0 heterocycles. The summed E-state index contributed by atoms with van der Waals surface area (Å²) in [4.78, 5) is 14.9. The summed E-state index contributed by atoms with van der Waals surface area (Å²) in [6.45, 7) is -0.0465. The molecule has 130 valence electrons. The lowest BCUT2D eigenvalue weighted by molar-refractivity contribution is -0.0925. The van der Waals surface area contributed by atoms with Gasteiger partial charge in [0.15, 0.2) is 5.70 Å². The molecule has 25 heavy (non-hydrogen) atoms. The molecule has 2 rings (SSSR count). The summed E-state index contributed by atoms with van der Waals surface area (Å²) in [6.07, 6.45) is -4.17. The molecule has 0 unspecified atom stereocenters. The lowest BCUT2D eigenvalue weighted by Gasteiger charge is -2.08. The Labute approximate surface area is 142 Å². The fourth-order valence-corrected chi connectivity index (χ4v) is 1.77. The maximum Gasteiger partial charge on any atom is 0.434 e. The predicted molar refractivity (Wildman–Crippen MR) is 87.9 cm³/mol. The highest BCUT2D eigenvalue weighted by molar-refractivity contribution is 5.80. The van der Waals surface area contributed by atoms with Crippen molar-refractivity contribution < 1.29 is 22.7 Å². The van der Waals surface area contributed by atoms with Gasteiger partial charge >= 0.3 is 12.3 Å². The van der Waals surface area contributed by atoms with Crippen molar-refractivity contribution in [1.29, 1.82) is 0 Å². The number of hydrogen-bond donors (Lipinski definition) is 1. The molecule has 2 aromatic carbocycles. The number of alkyl carbamates (subject to hydrolysis) is 1. The van der Waals surface area contributed by atoms with Gasteiger partial charge in [0.25, 0.3) is 0 Å². The number of carbonyl (C=O) groups is 1. The molecule has 0 aromatic heterocycles. The van der Waals surface area contributed by atoms with Crippen LogP contribution in [-0.2, 0) is 11.3 Å². The Bertz CT molecular complexity index is 742. The van der Waals surface area contributed by atoms with Crippen LogP contribution < -0.4 is 5.32 Å². The van der Waals surface area contributed by atoms with E-state index in [2.05, 4.69) is 4.99 Å². The standard InChI is InChI=1S/C18H15F3N2O2/c19-18(20,21)16(22-11-14-7-3-1-4-8-14)12-23-17(24)25-13-15-9-5-2-6-10-15/h1-12H,13H2,(H,23,24)/b16-12-,22-11?. The van der Waals surface area contributed by atoms with Crippen molar-refractivity contribution in [3.63, 3.8) is 0 Å². The van der Waals surface area contributed by atoms with Gasteiger partial charge < -0.3 is 4.74 Å². The Morgan fingerprint density at radius 2 is 1.64 bits per heavy atom. The Morgan fingerprint density at radius 3 is 2.24 bits per heavy atom. The van der Waals surface area contributed by atoms with Crippen LogP contribution in [-0.4, -0.2) is 18.5 Å². The van der Waals surface area contributed by atoms with Crippen molar-refractivity contribution in [2.75, 3.05) is 0 Å². The average molecular weight is 348 g/mol. The molecule has 0 aliphatic rings. The van der Waals surface area contributed by atoms with Crippen molar-refractivity contribution in [2.45, 2.75) is 12.8 Å². The molecule has 0 saturated carbocycles. The van der Waals surface area contributed by atoms with Gasteiger partial charge in [0, 0.05) is 12.4 Å². The minimum Gasteiger partial charge on any atom is -0.444 e. The minimum absolute atomic E-state index is 0.0465. The van der Waals surface area contributed by atoms with Crippen LogP contribution in [0.2, 0.25) is 0 Å². The number of nitrogens with one attached hydrogen (secondary N) is 1. The summed E-state index contributed by atoms with van der Waals surface area (Å²) in [5, 5.41) is 1.94. The van der Waals surface area contributed by atoms with Gasteiger partial charge in [-0.1, -0.05) is 60.7 Å². The van der Waals surface area contributed by atoms with Gasteiger partial charge in [0.05, 0.1) is 0 Å². The molecule has 0 fully saturated rings. The first-order valence-electron chi connectivity index (χ1n) is 7.29. The van der Waals surface area contributed by atoms with Crippen molar-refractivity contribution >= 4 is 12.3 Å². The molecule has 0 saturated heterocycles. The van der Waals surface area contributed by atoms with E-state index in [9.17, 15) is 18.0 Å². The molecule has 0 spiro atoms. The van der Waals surface area contributed by atoms with E-state index >= 15 is 0 Å². The van der Waals surface area contributed by atoms with Crippen molar-refractivity contribution in [3.05, 3.63) is 83.7 Å². The fourth-order valence-electron chi connectivity index (χ4n) is 1.77. The van der Waals surface area contributed by atoms with Gasteiger partial charge in [-0.3, -0.25) is 5.32 Å². The summed E-state index contributed by atoms with van der Waals surface area (Å²) in [6, 6.07) is 17.1. The number of ether oxygens (including phenoxy) is 1. The molecular formula is C18H15F3N2O2. The fraction of sp³-hybridized carbons (Fsp3) is 0.111. The van der Waals surface area contributed by atoms with Gasteiger partial charge in [-0.05, 0) is 11.1 Å². The molecule has 0 bridgehead atoms. The van der Waals surface area contributed by atoms with Crippen molar-refractivity contribution in [1.82, 2.24) is 5.32 Å². The number of allylic oxidation sites excluding steroid dienone is 1. The molecular weight excluding hydrogens is 333 g/mol. The maximum atomic E-state index is 12.9. The number of amides is 1. The molecule has 0 aliphatic heterocycles. The first-order valence-corrected chi connectivity index (χ1v) is 7.29. The first kappa shape index (κ1) is 18.3. The minimum atomic E-state index is -4.71. The quantitative estimate of drug-likeness (QED) is 0.813. The number of carbonyl (C=O) groups excluding carboxylic acids is 1. The summed E-state index contributed by atoms with van der Waals surface area (Å²) in [7, 11) is 0. The number of halogens is 3. The summed E-state index contributed by atoms with van der Waals surface area (Å²) < 4.78 is 43.7. The molecule has 0 aliphatic carbocycles. The van der Waals surface area contributed by atoms with E-state index in [0.29, 0.717) is 11.8 Å². The summed E-state index contributed by atoms with van der Waals surface area (Å²) >= 11 is 0. The highest BCUT2D eigenvalue weighted by atomic mass is 19.4. The van der Waals surface area contributed by atoms with E-state index in [-0.39, 0.29) is 6.61 Å². The maximum absolute atomic E-state index is 12.9. The highest BCUT2D eigenvalue weighted by Crippen LogP contribution is 2.25. The number of nitrogens with zero attached hydrogens (tertiary/aromatic N) is 1. The van der Waals surface area contributed by atoms with E-state index in [1.54, 1.807) is 60.7 Å². The van der Waals surface area contributed by atoms with Crippen LogP contribution in [0.5, 0.6) is 0 Å². The van der Waals surface area contributed by atoms with E-state index in [1.807, 2.05) is 5.32 Å². The second-order valence-corrected chi connectivity index (χ2v) is 4.90. The summed E-state index contributed by atoms with van der Waals surface area (Å²) in [5.74, 6) is 0. The average Bonchev–Trinajstić information content (AvgIpc) is 2.60. The van der Waals surface area contributed by atoms with E-state index in [4.69, 9.17) is 4.74 Å². The van der Waals surface area contributed by atoms with Gasteiger partial charge in [0.2, 0.25) is 0 Å². The van der Waals surface area contributed by atoms with Crippen LogP contribution in [0, 0.1) is 0 Å². The van der Waals surface area contributed by atoms with Crippen LogP contribution in [0.4, 0.5) is 18.0 Å². The Balaban J connectivity index is 1.98. The van der Waals surface area contributed by atoms with Gasteiger partial charge in [-0.2, -0.15) is 13.2 Å². The Morgan fingerprint density at radius 1 is 1.04 bits per heavy atom. The molecule has 1 N–H and O–H groups in total.